The van der Waals surface area contributed by atoms with Gasteiger partial charge in [0.15, 0.2) is 0 Å². The van der Waals surface area contributed by atoms with Gasteiger partial charge in [-0.2, -0.15) is 0 Å². The molecule has 2 aromatic carbocycles. The van der Waals surface area contributed by atoms with E-state index in [1.807, 2.05) is 60.7 Å². The van der Waals surface area contributed by atoms with Gasteiger partial charge in [0.1, 0.15) is 43.7 Å². The second-order valence-electron chi connectivity index (χ2n) is 12.0. The Morgan fingerprint density at radius 3 is 1.76 bits per heavy atom. The number of carbonyl (C=O) groups excluding carboxylic acids is 4. The Morgan fingerprint density at radius 1 is 0.857 bits per heavy atom. The lowest BCUT2D eigenvalue weighted by Crippen LogP contribution is -2.47. The highest BCUT2D eigenvalue weighted by molar-refractivity contribution is 8.02. The van der Waals surface area contributed by atoms with Crippen LogP contribution in [-0.4, -0.2) is 91.1 Å². The number of cyclic esters (lactones) is 2. The zero-order valence-electron chi connectivity index (χ0n) is 29.2. The molecule has 4 N–H and O–H groups in total. The molecule has 14 nitrogen and oxygen atoms in total. The van der Waals surface area contributed by atoms with E-state index in [0.717, 1.165) is 19.4 Å². The molecule has 49 heavy (non-hydrogen) atoms. The molecule has 0 spiro atoms. The second kappa shape index (κ2) is 25.3. The third-order valence-corrected chi connectivity index (χ3v) is 5.09. The first-order valence-corrected chi connectivity index (χ1v) is 18.6. The van der Waals surface area contributed by atoms with Crippen molar-refractivity contribution < 1.29 is 57.8 Å². The van der Waals surface area contributed by atoms with Gasteiger partial charge in [-0.3, -0.25) is 0 Å². The maximum atomic E-state index is 11.6. The van der Waals surface area contributed by atoms with Crippen LogP contribution >= 0.6 is 17.2 Å². The fourth-order valence-corrected chi connectivity index (χ4v) is 3.11. The molecule has 1 aliphatic rings. The maximum absolute atomic E-state index is 11.6. The van der Waals surface area contributed by atoms with Gasteiger partial charge in [0, 0.05) is 0 Å². The van der Waals surface area contributed by atoms with Gasteiger partial charge < -0.3 is 49.3 Å². The van der Waals surface area contributed by atoms with Crippen LogP contribution in [0.2, 0.25) is 0 Å². The first-order valence-electron chi connectivity index (χ1n) is 15.3. The Bertz CT molecular complexity index is 1200. The summed E-state index contributed by atoms with van der Waals surface area (Å²) >= 11 is 0. The molecule has 0 aliphatic carbocycles. The number of benzene rings is 2. The quantitative estimate of drug-likeness (QED) is 0.151. The summed E-state index contributed by atoms with van der Waals surface area (Å²) in [4.78, 5) is 44.9. The number of nitrogens with one attached hydrogen (secondary N) is 2. The smallest absolute Gasteiger partial charge is 0.444 e. The Balaban J connectivity index is 0.000000751. The van der Waals surface area contributed by atoms with Gasteiger partial charge in [-0.15, -0.1) is 17.2 Å². The standard InChI is InChI=1S/C16H23NO6.C9H15NO5.C7H8O.CH6P2/c1-16(2,3)23-14(19)17-13(9-18)11-22-15(20)21-10-12-7-5-4-6-8-12;1-9(2,3)15-7(11)10-6-4-13-8(12)14-5-6;8-6-7-4-2-1-3-5-7;1-3-2/h4-8,13,18H,9-11H2,1-3H3,(H,17,19);6H,4-5H2,1-3H3,(H,10,11);1-5,8H,6H2;3H,2H2,1H3. The molecule has 1 fully saturated rings. The summed E-state index contributed by atoms with van der Waals surface area (Å²) in [6, 6.07) is 17.5. The first-order chi connectivity index (χ1) is 23.0. The van der Waals surface area contributed by atoms with Crippen LogP contribution in [0.5, 0.6) is 0 Å². The topological polar surface area (TPSA) is 188 Å². The Morgan fingerprint density at radius 2 is 1.33 bits per heavy atom. The van der Waals surface area contributed by atoms with Gasteiger partial charge in [0.05, 0.1) is 19.3 Å². The molecule has 3 atom stereocenters. The number of rotatable bonds is 8. The molecule has 0 saturated carbocycles. The second-order valence-corrected chi connectivity index (χ2v) is 14.3. The van der Waals surface area contributed by atoms with Crippen molar-refractivity contribution in [2.45, 2.75) is 78.0 Å². The van der Waals surface area contributed by atoms with E-state index in [1.54, 1.807) is 41.5 Å². The summed E-state index contributed by atoms with van der Waals surface area (Å²) in [5.74, 6) is 0. The molecule has 276 valence electrons. The van der Waals surface area contributed by atoms with Crippen LogP contribution < -0.4 is 10.6 Å². The number of hydrogen-bond donors (Lipinski definition) is 4. The number of ether oxygens (including phenoxy) is 6. The van der Waals surface area contributed by atoms with Gasteiger partial charge >= 0.3 is 24.5 Å². The van der Waals surface area contributed by atoms with Crippen molar-refractivity contribution in [1.29, 1.82) is 0 Å². The molecule has 2 aromatic rings. The van der Waals surface area contributed by atoms with E-state index in [2.05, 4.69) is 35.7 Å². The van der Waals surface area contributed by atoms with Crippen LogP contribution in [0.15, 0.2) is 60.7 Å². The number of aliphatic hydroxyl groups is 2. The van der Waals surface area contributed by atoms with E-state index in [-0.39, 0.29) is 39.1 Å². The average molecular weight is 731 g/mol. The van der Waals surface area contributed by atoms with Crippen LogP contribution in [0.4, 0.5) is 19.2 Å². The highest BCUT2D eigenvalue weighted by Gasteiger charge is 2.25. The fraction of sp³-hybridized carbons (Fsp3) is 0.515. The minimum Gasteiger partial charge on any atom is -0.444 e. The third-order valence-electron chi connectivity index (χ3n) is 5.09. The molecule has 0 aromatic heterocycles. The van der Waals surface area contributed by atoms with Crippen molar-refractivity contribution in [2.75, 3.05) is 33.1 Å². The normalized spacial score (nSPS) is 13.2. The molecular formula is C33H52N2O12P2. The van der Waals surface area contributed by atoms with Crippen molar-refractivity contribution in [2.24, 2.45) is 0 Å². The summed E-state index contributed by atoms with van der Waals surface area (Å²) < 4.78 is 29.0. The molecule has 0 bridgehead atoms. The zero-order chi connectivity index (χ0) is 37.3. The van der Waals surface area contributed by atoms with Gasteiger partial charge in [-0.25, -0.2) is 19.2 Å². The van der Waals surface area contributed by atoms with Crippen LogP contribution in [0.3, 0.4) is 0 Å². The van der Waals surface area contributed by atoms with Crippen LogP contribution in [-0.2, 0) is 41.6 Å². The molecule has 16 heteroatoms. The SMILES string of the molecule is CC(C)(C)OC(=O)NC(CO)COC(=O)OCc1ccccc1.CC(C)(C)OC(=O)NC1COC(=O)OC1.CPP.OCc1ccccc1. The Kier molecular flexibility index (Phi) is 23.4. The summed E-state index contributed by atoms with van der Waals surface area (Å²) in [6.07, 6.45) is -2.83. The van der Waals surface area contributed by atoms with Crippen molar-refractivity contribution in [1.82, 2.24) is 10.6 Å². The highest BCUT2D eigenvalue weighted by Crippen LogP contribution is 2.11. The van der Waals surface area contributed by atoms with Crippen molar-refractivity contribution in [3.05, 3.63) is 71.8 Å². The predicted octanol–water partition coefficient (Wildman–Crippen LogP) is 5.54. The fourth-order valence-electron chi connectivity index (χ4n) is 3.11. The monoisotopic (exact) mass is 730 g/mol. The molecule has 1 aliphatic heterocycles. The summed E-state index contributed by atoms with van der Waals surface area (Å²) in [7, 11) is 3.61. The van der Waals surface area contributed by atoms with E-state index < -0.39 is 48.3 Å². The van der Waals surface area contributed by atoms with Crippen LogP contribution in [0.1, 0.15) is 52.7 Å². The zero-order valence-corrected chi connectivity index (χ0v) is 31.4. The van der Waals surface area contributed by atoms with Gasteiger partial charge in [0.2, 0.25) is 0 Å². The van der Waals surface area contributed by atoms with E-state index >= 15 is 0 Å². The minimum absolute atomic E-state index is 0.0863. The van der Waals surface area contributed by atoms with Gasteiger partial charge in [-0.1, -0.05) is 60.7 Å². The predicted molar refractivity (Wildman–Crippen MR) is 190 cm³/mol. The summed E-state index contributed by atoms with van der Waals surface area (Å²) in [5.41, 5.74) is 0.595. The van der Waals surface area contributed by atoms with E-state index in [1.165, 1.54) is 0 Å². The van der Waals surface area contributed by atoms with Gasteiger partial charge in [-0.05, 0) is 59.3 Å². The molecular weight excluding hydrogens is 678 g/mol. The number of amides is 2. The summed E-state index contributed by atoms with van der Waals surface area (Å²) in [6.45, 7) is 12.4. The van der Waals surface area contributed by atoms with E-state index in [9.17, 15) is 24.3 Å². The number of carbonyl (C=O) groups is 4. The number of alkyl carbamates (subject to hydrolysis) is 2. The molecule has 1 saturated heterocycles. The van der Waals surface area contributed by atoms with Crippen LogP contribution in [0.25, 0.3) is 0 Å². The van der Waals surface area contributed by atoms with E-state index in [0.29, 0.717) is 0 Å². The lowest BCUT2D eigenvalue weighted by Gasteiger charge is -2.25. The third kappa shape index (κ3) is 26.9. The largest absolute Gasteiger partial charge is 0.508 e. The number of hydrogen-bond acceptors (Lipinski definition) is 12. The number of aliphatic hydroxyl groups excluding tert-OH is 2. The Hall–Kier alpha value is -3.70. The van der Waals surface area contributed by atoms with Crippen molar-refractivity contribution in [3.8, 4) is 0 Å². The molecule has 0 radical (unpaired) electrons. The minimum atomic E-state index is -0.877. The lowest BCUT2D eigenvalue weighted by molar-refractivity contribution is -0.00527. The van der Waals surface area contributed by atoms with Crippen molar-refractivity contribution >= 4 is 41.7 Å². The first kappa shape index (κ1) is 45.3. The summed E-state index contributed by atoms with van der Waals surface area (Å²) in [5, 5.41) is 22.7. The molecule has 3 rings (SSSR count). The van der Waals surface area contributed by atoms with Gasteiger partial charge in [0.25, 0.3) is 0 Å². The Labute approximate surface area is 292 Å². The lowest BCUT2D eigenvalue weighted by atomic mass is 10.2. The molecule has 3 unspecified atom stereocenters. The van der Waals surface area contributed by atoms with Crippen LogP contribution in [0, 0.1) is 0 Å². The molecule has 2 amide bonds. The average Bonchev–Trinajstić information content (AvgIpc) is 3.03. The highest BCUT2D eigenvalue weighted by atomic mass is 32.0. The van der Waals surface area contributed by atoms with Crippen molar-refractivity contribution in [3.63, 3.8) is 0 Å². The van der Waals surface area contributed by atoms with E-state index in [4.69, 9.17) is 24.1 Å². The maximum Gasteiger partial charge on any atom is 0.508 e. The molecule has 1 heterocycles.